The third kappa shape index (κ3) is 8.37. The molecule has 2 atom stereocenters. The van der Waals surface area contributed by atoms with Crippen molar-refractivity contribution in [2.24, 2.45) is 0 Å². The molecule has 23 heavy (non-hydrogen) atoms. The number of rotatable bonds is 9. The van der Waals surface area contributed by atoms with Crippen molar-refractivity contribution in [3.8, 4) is 0 Å². The van der Waals surface area contributed by atoms with Crippen LogP contribution < -0.4 is 0 Å². The van der Waals surface area contributed by atoms with E-state index in [2.05, 4.69) is 6.58 Å². The van der Waals surface area contributed by atoms with Crippen LogP contribution >= 0.6 is 0 Å². The molecule has 1 aliphatic heterocycles. The first kappa shape index (κ1) is 20.0. The Morgan fingerprint density at radius 1 is 1.30 bits per heavy atom. The molecule has 1 aliphatic rings. The minimum atomic E-state index is -0.526. The normalized spacial score (nSPS) is 21.5. The maximum atomic E-state index is 12.2. The van der Waals surface area contributed by atoms with Crippen LogP contribution in [0.5, 0.6) is 0 Å². The van der Waals surface area contributed by atoms with Gasteiger partial charge in [0, 0.05) is 6.61 Å². The zero-order valence-corrected chi connectivity index (χ0v) is 14.9. The van der Waals surface area contributed by atoms with Crippen LogP contribution in [0.4, 0.5) is 4.79 Å². The van der Waals surface area contributed by atoms with Crippen LogP contribution in [0.3, 0.4) is 0 Å². The average Bonchev–Trinajstić information content (AvgIpc) is 2.81. The van der Waals surface area contributed by atoms with Crippen LogP contribution in [0.15, 0.2) is 12.7 Å². The van der Waals surface area contributed by atoms with Crippen molar-refractivity contribution in [1.82, 2.24) is 4.90 Å². The molecule has 0 bridgehead atoms. The summed E-state index contributed by atoms with van der Waals surface area (Å²) >= 11 is 0. The van der Waals surface area contributed by atoms with Gasteiger partial charge >= 0.3 is 6.09 Å². The van der Waals surface area contributed by atoms with Crippen LogP contribution in [-0.2, 0) is 9.47 Å². The number of hydrogen-bond donors (Lipinski definition) is 1. The Hall–Kier alpha value is -1.07. The Balaban J connectivity index is 2.25. The molecule has 0 aliphatic carbocycles. The lowest BCUT2D eigenvalue weighted by Gasteiger charge is -2.28. The number of ether oxygens (including phenoxy) is 2. The number of carbonyl (C=O) groups excluding carboxylic acids is 1. The third-order valence-corrected chi connectivity index (χ3v) is 3.78. The van der Waals surface area contributed by atoms with Crippen molar-refractivity contribution in [3.63, 3.8) is 0 Å². The molecule has 1 rings (SSSR count). The smallest absolute Gasteiger partial charge is 0.410 e. The van der Waals surface area contributed by atoms with Crippen molar-refractivity contribution in [2.45, 2.75) is 77.0 Å². The van der Waals surface area contributed by atoms with Gasteiger partial charge in [0.1, 0.15) is 5.60 Å². The highest BCUT2D eigenvalue weighted by Gasteiger charge is 2.36. The Bertz CT molecular complexity index is 365. The van der Waals surface area contributed by atoms with E-state index in [1.54, 1.807) is 4.90 Å². The van der Waals surface area contributed by atoms with Gasteiger partial charge in [-0.25, -0.2) is 4.79 Å². The summed E-state index contributed by atoms with van der Waals surface area (Å²) in [4.78, 5) is 13.8. The molecule has 134 valence electrons. The number of aliphatic hydroxyl groups is 1. The number of unbranched alkanes of at least 4 members (excludes halogenated alkanes) is 4. The summed E-state index contributed by atoms with van der Waals surface area (Å²) in [6, 6.07) is -0.0967. The van der Waals surface area contributed by atoms with E-state index in [0.29, 0.717) is 26.2 Å². The maximum absolute atomic E-state index is 12.2. The van der Waals surface area contributed by atoms with Gasteiger partial charge in [0.05, 0.1) is 25.3 Å². The molecule has 0 aromatic heterocycles. The lowest BCUT2D eigenvalue weighted by atomic mass is 10.1. The first-order valence-electron chi connectivity index (χ1n) is 8.70. The highest BCUT2D eigenvalue weighted by atomic mass is 16.6. The number of nitrogens with zero attached hydrogens (tertiary/aromatic N) is 1. The SMILES string of the molecule is C=CCCCCCCOC[C@@H]1C[C@@H](O)CN1C(=O)OC(C)(C)C. The van der Waals surface area contributed by atoms with Crippen molar-refractivity contribution < 1.29 is 19.4 Å². The van der Waals surface area contributed by atoms with E-state index in [1.165, 1.54) is 12.8 Å². The second-order valence-corrected chi connectivity index (χ2v) is 7.24. The molecular weight excluding hydrogens is 294 g/mol. The zero-order chi connectivity index (χ0) is 17.3. The quantitative estimate of drug-likeness (QED) is 0.520. The molecule has 0 spiro atoms. The van der Waals surface area contributed by atoms with Gasteiger partial charge in [-0.2, -0.15) is 0 Å². The summed E-state index contributed by atoms with van der Waals surface area (Å²) in [7, 11) is 0. The van der Waals surface area contributed by atoms with Crippen molar-refractivity contribution in [2.75, 3.05) is 19.8 Å². The fraction of sp³-hybridized carbons (Fsp3) is 0.833. The molecule has 1 heterocycles. The zero-order valence-electron chi connectivity index (χ0n) is 14.9. The minimum Gasteiger partial charge on any atom is -0.444 e. The fourth-order valence-corrected chi connectivity index (χ4v) is 2.66. The predicted octanol–water partition coefficient (Wildman–Crippen LogP) is 3.51. The van der Waals surface area contributed by atoms with E-state index in [1.807, 2.05) is 26.8 Å². The first-order valence-corrected chi connectivity index (χ1v) is 8.70. The molecule has 1 saturated heterocycles. The van der Waals surface area contributed by atoms with Gasteiger partial charge < -0.3 is 19.5 Å². The average molecular weight is 327 g/mol. The second kappa shape index (κ2) is 9.93. The van der Waals surface area contributed by atoms with Crippen LogP contribution in [-0.4, -0.2) is 53.6 Å². The molecule has 0 radical (unpaired) electrons. The monoisotopic (exact) mass is 327 g/mol. The maximum Gasteiger partial charge on any atom is 0.410 e. The van der Waals surface area contributed by atoms with E-state index in [0.717, 1.165) is 19.3 Å². The molecule has 1 amide bonds. The summed E-state index contributed by atoms with van der Waals surface area (Å²) in [5, 5.41) is 9.83. The number of β-amino-alcohol motifs (C(OH)–C–C–N with tert-alkyl or cyclic N) is 1. The van der Waals surface area contributed by atoms with Crippen LogP contribution in [0, 0.1) is 0 Å². The lowest BCUT2D eigenvalue weighted by Crippen LogP contribution is -2.42. The van der Waals surface area contributed by atoms with E-state index in [4.69, 9.17) is 9.47 Å². The largest absolute Gasteiger partial charge is 0.444 e. The molecule has 1 fully saturated rings. The van der Waals surface area contributed by atoms with Crippen molar-refractivity contribution in [3.05, 3.63) is 12.7 Å². The predicted molar refractivity (Wildman–Crippen MR) is 91.5 cm³/mol. The van der Waals surface area contributed by atoms with E-state index in [9.17, 15) is 9.90 Å². The Morgan fingerprint density at radius 3 is 2.65 bits per heavy atom. The number of likely N-dealkylation sites (tertiary alicyclic amines) is 1. The van der Waals surface area contributed by atoms with E-state index >= 15 is 0 Å². The molecule has 0 aromatic rings. The van der Waals surface area contributed by atoms with Gasteiger partial charge in [0.25, 0.3) is 0 Å². The number of carbonyl (C=O) groups is 1. The van der Waals surface area contributed by atoms with Crippen LogP contribution in [0.2, 0.25) is 0 Å². The van der Waals surface area contributed by atoms with Gasteiger partial charge in [0.15, 0.2) is 0 Å². The number of hydrogen-bond acceptors (Lipinski definition) is 4. The summed E-state index contributed by atoms with van der Waals surface area (Å²) < 4.78 is 11.1. The Labute approximate surface area is 140 Å². The van der Waals surface area contributed by atoms with Gasteiger partial charge in [-0.15, -0.1) is 6.58 Å². The molecule has 5 heteroatoms. The van der Waals surface area contributed by atoms with E-state index in [-0.39, 0.29) is 12.1 Å². The Kier molecular flexibility index (Phi) is 8.63. The number of amides is 1. The number of allylic oxidation sites excluding steroid dienone is 1. The molecule has 0 aromatic carbocycles. The van der Waals surface area contributed by atoms with Gasteiger partial charge in [0.2, 0.25) is 0 Å². The topological polar surface area (TPSA) is 59.0 Å². The first-order chi connectivity index (χ1) is 10.8. The molecule has 0 saturated carbocycles. The molecule has 5 nitrogen and oxygen atoms in total. The van der Waals surface area contributed by atoms with Crippen molar-refractivity contribution >= 4 is 6.09 Å². The molecule has 0 unspecified atom stereocenters. The number of aliphatic hydroxyl groups excluding tert-OH is 1. The summed E-state index contributed by atoms with van der Waals surface area (Å²) in [6.07, 6.45) is 7.28. The van der Waals surface area contributed by atoms with E-state index < -0.39 is 11.7 Å². The van der Waals surface area contributed by atoms with Crippen LogP contribution in [0.1, 0.15) is 59.3 Å². The fourth-order valence-electron chi connectivity index (χ4n) is 2.66. The van der Waals surface area contributed by atoms with Gasteiger partial charge in [-0.05, 0) is 46.5 Å². The van der Waals surface area contributed by atoms with Crippen molar-refractivity contribution in [1.29, 1.82) is 0 Å². The standard InChI is InChI=1S/C18H33NO4/c1-5-6-7-8-9-10-11-22-14-15-12-16(20)13-19(15)17(21)23-18(2,3)4/h5,15-16,20H,1,6-14H2,2-4H3/t15-,16+/m0/s1. The van der Waals surface area contributed by atoms with Gasteiger partial charge in [-0.3, -0.25) is 0 Å². The lowest BCUT2D eigenvalue weighted by molar-refractivity contribution is 0.00955. The molecular formula is C18H33NO4. The summed E-state index contributed by atoms with van der Waals surface area (Å²) in [5.74, 6) is 0. The van der Waals surface area contributed by atoms with Gasteiger partial charge in [-0.1, -0.05) is 18.9 Å². The molecule has 1 N–H and O–H groups in total. The second-order valence-electron chi connectivity index (χ2n) is 7.24. The third-order valence-electron chi connectivity index (χ3n) is 3.78. The summed E-state index contributed by atoms with van der Waals surface area (Å²) in [6.45, 7) is 10.7. The van der Waals surface area contributed by atoms with Crippen LogP contribution in [0.25, 0.3) is 0 Å². The summed E-state index contributed by atoms with van der Waals surface area (Å²) in [5.41, 5.74) is -0.526. The Morgan fingerprint density at radius 2 is 2.00 bits per heavy atom. The minimum absolute atomic E-state index is 0.0967. The highest BCUT2D eigenvalue weighted by molar-refractivity contribution is 5.69. The highest BCUT2D eigenvalue weighted by Crippen LogP contribution is 2.21.